The van der Waals surface area contributed by atoms with Crippen molar-refractivity contribution in [3.05, 3.63) is 60.4 Å². The van der Waals surface area contributed by atoms with Gasteiger partial charge in [-0.3, -0.25) is 9.97 Å². The number of hydrogen-bond donors (Lipinski definition) is 1. The number of benzene rings is 2. The van der Waals surface area contributed by atoms with E-state index in [-0.39, 0.29) is 0 Å². The Labute approximate surface area is 175 Å². The summed E-state index contributed by atoms with van der Waals surface area (Å²) in [5.41, 5.74) is 5.88. The Balaban J connectivity index is 0.000000161. The first kappa shape index (κ1) is 18.7. The number of carbonyl (C=O) groups is 1. The van der Waals surface area contributed by atoms with E-state index in [0.29, 0.717) is 25.0 Å². The molecule has 4 heterocycles. The van der Waals surface area contributed by atoms with Crippen molar-refractivity contribution in [2.24, 2.45) is 0 Å². The molecule has 154 valence electrons. The number of likely N-dealkylation sites (N-methyl/N-ethyl adjacent to an activating group) is 1. The van der Waals surface area contributed by atoms with E-state index in [2.05, 4.69) is 45.0 Å². The smallest absolute Gasteiger partial charge is 0.407 e. The zero-order valence-corrected chi connectivity index (χ0v) is 17.0. The molecule has 0 spiro atoms. The lowest BCUT2D eigenvalue weighted by molar-refractivity contribution is 0.127. The molecular weight excluding hydrogens is 378 g/mol. The Hall–Kier alpha value is -3.35. The molecule has 0 saturated carbocycles. The topological polar surface area (TPSA) is 72.8 Å². The molecule has 2 atom stereocenters. The van der Waals surface area contributed by atoms with E-state index in [0.717, 1.165) is 30.5 Å². The molecule has 1 amide bonds. The van der Waals surface area contributed by atoms with Gasteiger partial charge in [-0.05, 0) is 30.2 Å². The molecule has 0 bridgehead atoms. The van der Waals surface area contributed by atoms with Crippen molar-refractivity contribution < 1.29 is 9.90 Å². The van der Waals surface area contributed by atoms with Crippen LogP contribution in [0.3, 0.4) is 0 Å². The van der Waals surface area contributed by atoms with Crippen LogP contribution in [0.15, 0.2) is 54.9 Å². The van der Waals surface area contributed by atoms with E-state index in [1.807, 2.05) is 24.3 Å². The number of anilines is 2. The molecule has 3 aromatic rings. The van der Waals surface area contributed by atoms with Crippen molar-refractivity contribution in [3.8, 4) is 0 Å². The summed E-state index contributed by atoms with van der Waals surface area (Å²) in [6.45, 7) is 3.39. The lowest BCUT2D eigenvalue weighted by atomic mass is 9.89. The second-order valence-corrected chi connectivity index (χ2v) is 8.07. The molecule has 1 N–H and O–H groups in total. The van der Waals surface area contributed by atoms with Crippen molar-refractivity contribution >= 4 is 28.5 Å². The van der Waals surface area contributed by atoms with Crippen molar-refractivity contribution in [1.29, 1.82) is 0 Å². The van der Waals surface area contributed by atoms with Gasteiger partial charge >= 0.3 is 6.09 Å². The van der Waals surface area contributed by atoms with Gasteiger partial charge in [-0.25, -0.2) is 4.79 Å². The third-order valence-corrected chi connectivity index (χ3v) is 6.44. The molecule has 0 unspecified atom stereocenters. The average molecular weight is 403 g/mol. The number of hydrogen-bond acceptors (Lipinski definition) is 5. The summed E-state index contributed by atoms with van der Waals surface area (Å²) in [5.74, 6) is 0.335. The number of para-hydroxylation sites is 3. The van der Waals surface area contributed by atoms with E-state index < -0.39 is 6.09 Å². The third kappa shape index (κ3) is 3.10. The molecule has 3 aliphatic rings. The number of likely N-dealkylation sites (tertiary alicyclic amines) is 1. The number of rotatable bonds is 0. The van der Waals surface area contributed by atoms with E-state index in [4.69, 9.17) is 0 Å². The largest absolute Gasteiger partial charge is 0.465 e. The van der Waals surface area contributed by atoms with Crippen molar-refractivity contribution in [2.45, 2.75) is 18.4 Å². The van der Waals surface area contributed by atoms with Crippen LogP contribution in [0.5, 0.6) is 0 Å². The van der Waals surface area contributed by atoms with Crippen LogP contribution in [0.1, 0.15) is 17.9 Å². The Morgan fingerprint density at radius 1 is 1.00 bits per heavy atom. The zero-order chi connectivity index (χ0) is 20.7. The minimum absolute atomic E-state index is 0.335. The van der Waals surface area contributed by atoms with Crippen LogP contribution >= 0.6 is 0 Å². The van der Waals surface area contributed by atoms with Gasteiger partial charge in [-0.2, -0.15) is 0 Å². The van der Waals surface area contributed by atoms with Gasteiger partial charge in [0.1, 0.15) is 0 Å². The predicted octanol–water partition coefficient (Wildman–Crippen LogP) is 3.42. The van der Waals surface area contributed by atoms with Crippen LogP contribution in [-0.4, -0.2) is 65.3 Å². The molecule has 7 nitrogen and oxygen atoms in total. The van der Waals surface area contributed by atoms with Gasteiger partial charge in [0.15, 0.2) is 0 Å². The van der Waals surface area contributed by atoms with Crippen LogP contribution in [0.25, 0.3) is 11.0 Å². The molecule has 0 aliphatic carbocycles. The van der Waals surface area contributed by atoms with E-state index in [1.165, 1.54) is 16.9 Å². The maximum Gasteiger partial charge on any atom is 0.407 e. The van der Waals surface area contributed by atoms with Gasteiger partial charge in [0.05, 0.1) is 22.4 Å². The van der Waals surface area contributed by atoms with Crippen LogP contribution < -0.4 is 9.80 Å². The fourth-order valence-electron chi connectivity index (χ4n) is 4.99. The first-order valence-corrected chi connectivity index (χ1v) is 10.4. The number of carboxylic acid groups (broad SMARTS) is 1. The van der Waals surface area contributed by atoms with Crippen LogP contribution in [-0.2, 0) is 0 Å². The number of amides is 1. The van der Waals surface area contributed by atoms with Crippen molar-refractivity contribution in [1.82, 2.24) is 14.9 Å². The summed E-state index contributed by atoms with van der Waals surface area (Å²) in [6.07, 6.45) is 3.55. The standard InChI is InChI=1S/C15H19N3O2.C8H6N2/c1-16-7-8-18-12-5-6-17(15(19)20)9-11(12)10-3-2-4-13(16)14(10)18;1-2-4-8-7(3-1)9-5-6-10-8/h2-4,11-12H,5-9H2,1H3,(H,19,20);1-6H/t11-,12-;/m0./s1. The SMILES string of the molecule is CN1CCN2c3c(cccc31)[C@@H]1CN(C(=O)O)CC[C@@H]12.c1ccc2nccnc2c1. The minimum atomic E-state index is -0.786. The maximum absolute atomic E-state index is 11.2. The summed E-state index contributed by atoms with van der Waals surface area (Å²) in [6, 6.07) is 14.8. The quantitative estimate of drug-likeness (QED) is 0.620. The summed E-state index contributed by atoms with van der Waals surface area (Å²) < 4.78 is 0. The molecule has 2 aromatic carbocycles. The van der Waals surface area contributed by atoms with E-state index in [9.17, 15) is 9.90 Å². The molecule has 7 heteroatoms. The summed E-state index contributed by atoms with van der Waals surface area (Å²) in [5, 5.41) is 9.24. The van der Waals surface area contributed by atoms with Crippen LogP contribution in [0, 0.1) is 0 Å². The number of aromatic nitrogens is 2. The first-order chi connectivity index (χ1) is 14.6. The Morgan fingerprint density at radius 2 is 1.73 bits per heavy atom. The van der Waals surface area contributed by atoms with Gasteiger partial charge in [0.25, 0.3) is 0 Å². The predicted molar refractivity (Wildman–Crippen MR) is 117 cm³/mol. The van der Waals surface area contributed by atoms with Gasteiger partial charge in [-0.1, -0.05) is 24.3 Å². The highest BCUT2D eigenvalue weighted by Crippen LogP contribution is 2.50. The van der Waals surface area contributed by atoms with Crippen molar-refractivity contribution in [3.63, 3.8) is 0 Å². The average Bonchev–Trinajstić information content (AvgIpc) is 3.11. The number of fused-ring (bicyclic) bond motifs is 4. The summed E-state index contributed by atoms with van der Waals surface area (Å²) in [4.78, 5) is 25.9. The van der Waals surface area contributed by atoms with Crippen LogP contribution in [0.4, 0.5) is 16.2 Å². The van der Waals surface area contributed by atoms with Gasteiger partial charge in [-0.15, -0.1) is 0 Å². The summed E-state index contributed by atoms with van der Waals surface area (Å²) in [7, 11) is 2.14. The second kappa shape index (κ2) is 7.48. The summed E-state index contributed by atoms with van der Waals surface area (Å²) >= 11 is 0. The highest BCUT2D eigenvalue weighted by molar-refractivity contribution is 5.81. The van der Waals surface area contributed by atoms with Gasteiger partial charge < -0.3 is 19.8 Å². The molecule has 30 heavy (non-hydrogen) atoms. The first-order valence-electron chi connectivity index (χ1n) is 10.4. The van der Waals surface area contributed by atoms with E-state index in [1.54, 1.807) is 17.3 Å². The van der Waals surface area contributed by atoms with E-state index >= 15 is 0 Å². The number of nitrogens with zero attached hydrogens (tertiary/aromatic N) is 5. The lowest BCUT2D eigenvalue weighted by Gasteiger charge is -2.41. The molecule has 0 radical (unpaired) electrons. The van der Waals surface area contributed by atoms with Gasteiger partial charge in [0, 0.05) is 57.6 Å². The van der Waals surface area contributed by atoms with Gasteiger partial charge in [0.2, 0.25) is 0 Å². The fourth-order valence-corrected chi connectivity index (χ4v) is 4.99. The highest BCUT2D eigenvalue weighted by atomic mass is 16.4. The normalized spacial score (nSPS) is 21.6. The molecule has 6 rings (SSSR count). The molecule has 1 saturated heterocycles. The molecule has 3 aliphatic heterocycles. The molecule has 1 aromatic heterocycles. The van der Waals surface area contributed by atoms with Crippen molar-refractivity contribution in [2.75, 3.05) is 43.0 Å². The Bertz CT molecular complexity index is 1020. The lowest BCUT2D eigenvalue weighted by Crippen LogP contribution is -2.50. The molecular formula is C23H25N5O2. The highest BCUT2D eigenvalue weighted by Gasteiger charge is 2.45. The molecule has 1 fully saturated rings. The maximum atomic E-state index is 11.2. The Kier molecular flexibility index (Phi) is 4.65. The Morgan fingerprint density at radius 3 is 2.43 bits per heavy atom. The second-order valence-electron chi connectivity index (χ2n) is 8.07. The third-order valence-electron chi connectivity index (χ3n) is 6.44. The number of piperidine rings is 1. The van der Waals surface area contributed by atoms with Crippen LogP contribution in [0.2, 0.25) is 0 Å². The fraction of sp³-hybridized carbons (Fsp3) is 0.348. The monoisotopic (exact) mass is 403 g/mol. The zero-order valence-electron chi connectivity index (χ0n) is 17.0. The minimum Gasteiger partial charge on any atom is -0.465 e.